The molecule has 0 radical (unpaired) electrons. The van der Waals surface area contributed by atoms with Gasteiger partial charge in [-0.1, -0.05) is 0 Å². The summed E-state index contributed by atoms with van der Waals surface area (Å²) < 4.78 is 6.94. The number of ether oxygens (including phenoxy) is 1. The van der Waals surface area contributed by atoms with Crippen LogP contribution in [0.5, 0.6) is 5.75 Å². The van der Waals surface area contributed by atoms with Gasteiger partial charge in [-0.3, -0.25) is 10.1 Å². The van der Waals surface area contributed by atoms with E-state index in [0.717, 1.165) is 23.0 Å². The van der Waals surface area contributed by atoms with Crippen molar-refractivity contribution in [2.45, 2.75) is 0 Å². The van der Waals surface area contributed by atoms with Crippen LogP contribution in [-0.4, -0.2) is 16.4 Å². The van der Waals surface area contributed by atoms with E-state index in [9.17, 15) is 10.1 Å². The monoisotopic (exact) mass is 218 g/mol. The Morgan fingerprint density at radius 1 is 1.44 bits per heavy atom. The molecule has 5 nitrogen and oxygen atoms in total. The van der Waals surface area contributed by atoms with Gasteiger partial charge in [-0.2, -0.15) is 0 Å². The molecule has 0 bridgehead atoms. The topological polar surface area (TPSA) is 56.8 Å². The molecule has 2 aromatic heterocycles. The van der Waals surface area contributed by atoms with Crippen LogP contribution in [0.4, 0.5) is 0 Å². The van der Waals surface area contributed by atoms with E-state index in [-0.39, 0.29) is 0 Å². The predicted octanol–water partition coefficient (Wildman–Crippen LogP) is 2.20. The lowest BCUT2D eigenvalue weighted by atomic mass is 10.2. The Balaban J connectivity index is 2.45. The highest BCUT2D eigenvalue weighted by molar-refractivity contribution is 5.70. The van der Waals surface area contributed by atoms with E-state index in [1.807, 2.05) is 35.0 Å². The van der Waals surface area contributed by atoms with Gasteiger partial charge >= 0.3 is 0 Å². The van der Waals surface area contributed by atoms with Gasteiger partial charge in [-0.05, 0) is 18.2 Å². The summed E-state index contributed by atoms with van der Waals surface area (Å²) in [5.41, 5.74) is 1.71. The summed E-state index contributed by atoms with van der Waals surface area (Å²) in [5, 5.41) is 10.2. The zero-order valence-electron chi connectivity index (χ0n) is 8.66. The zero-order valence-corrected chi connectivity index (χ0v) is 8.66. The van der Waals surface area contributed by atoms with Crippen LogP contribution >= 0.6 is 0 Å². The van der Waals surface area contributed by atoms with Gasteiger partial charge in [0, 0.05) is 17.8 Å². The number of nitrogens with zero attached hydrogens (tertiary/aromatic N) is 2. The molecule has 0 spiro atoms. The molecule has 2 rings (SSSR count). The molecule has 0 aliphatic heterocycles. The Labute approximate surface area is 91.7 Å². The molecule has 2 aromatic rings. The first-order valence-electron chi connectivity index (χ1n) is 4.67. The molecule has 2 heterocycles. The molecule has 0 saturated heterocycles. The lowest BCUT2D eigenvalue weighted by molar-refractivity contribution is -0.400. The van der Waals surface area contributed by atoms with E-state index in [4.69, 9.17) is 4.74 Å². The second-order valence-corrected chi connectivity index (χ2v) is 3.23. The van der Waals surface area contributed by atoms with Crippen molar-refractivity contribution in [2.75, 3.05) is 7.11 Å². The van der Waals surface area contributed by atoms with Crippen molar-refractivity contribution in [2.24, 2.45) is 0 Å². The van der Waals surface area contributed by atoms with Crippen LogP contribution in [0.15, 0.2) is 36.8 Å². The summed E-state index contributed by atoms with van der Waals surface area (Å²) in [6, 6.07) is 5.49. The van der Waals surface area contributed by atoms with Gasteiger partial charge < -0.3 is 9.14 Å². The maximum Gasteiger partial charge on any atom is 0.235 e. The number of fused-ring (bicyclic) bond motifs is 1. The van der Waals surface area contributed by atoms with Gasteiger partial charge in [0.25, 0.3) is 0 Å². The molecule has 0 aliphatic rings. The highest BCUT2D eigenvalue weighted by Gasteiger charge is 2.01. The van der Waals surface area contributed by atoms with Gasteiger partial charge in [-0.15, -0.1) is 0 Å². The third kappa shape index (κ3) is 1.88. The van der Waals surface area contributed by atoms with Gasteiger partial charge in [-0.25, -0.2) is 0 Å². The molecule has 0 aromatic carbocycles. The molecule has 0 saturated carbocycles. The standard InChI is InChI=1S/C11H10N2O3/c1-16-10-2-3-11-9(5-7-13(14)15)4-6-12(11)8-10/h2-8H,1H3. The van der Waals surface area contributed by atoms with Crippen LogP contribution in [0, 0.1) is 10.1 Å². The van der Waals surface area contributed by atoms with Crippen LogP contribution in [0.2, 0.25) is 0 Å². The molecule has 0 aliphatic carbocycles. The van der Waals surface area contributed by atoms with E-state index in [0.29, 0.717) is 0 Å². The largest absolute Gasteiger partial charge is 0.495 e. The Bertz CT molecular complexity index is 557. The second-order valence-electron chi connectivity index (χ2n) is 3.23. The Morgan fingerprint density at radius 3 is 2.94 bits per heavy atom. The Kier molecular flexibility index (Phi) is 2.59. The predicted molar refractivity (Wildman–Crippen MR) is 60.0 cm³/mol. The molecule has 5 heteroatoms. The Hall–Kier alpha value is -2.30. The molecule has 0 unspecified atom stereocenters. The average Bonchev–Trinajstić information content (AvgIpc) is 2.68. The fraction of sp³-hybridized carbons (Fsp3) is 0.0909. The summed E-state index contributed by atoms with van der Waals surface area (Å²) in [5.74, 6) is 0.743. The molecule has 0 amide bonds. The molecule has 16 heavy (non-hydrogen) atoms. The van der Waals surface area contributed by atoms with Crippen LogP contribution in [-0.2, 0) is 0 Å². The van der Waals surface area contributed by atoms with Gasteiger partial charge in [0.05, 0.1) is 23.7 Å². The average molecular weight is 218 g/mol. The number of hydrogen-bond donors (Lipinski definition) is 0. The van der Waals surface area contributed by atoms with E-state index >= 15 is 0 Å². The quantitative estimate of drug-likeness (QED) is 0.586. The van der Waals surface area contributed by atoms with Crippen LogP contribution in [0.3, 0.4) is 0 Å². The smallest absolute Gasteiger partial charge is 0.235 e. The first kappa shape index (κ1) is 10.2. The van der Waals surface area contributed by atoms with E-state index in [1.165, 1.54) is 6.08 Å². The van der Waals surface area contributed by atoms with Crippen LogP contribution in [0.25, 0.3) is 11.6 Å². The normalized spacial score (nSPS) is 11.1. The number of hydrogen-bond acceptors (Lipinski definition) is 3. The number of methoxy groups -OCH3 is 1. The highest BCUT2D eigenvalue weighted by Crippen LogP contribution is 2.18. The van der Waals surface area contributed by atoms with Gasteiger partial charge in [0.15, 0.2) is 0 Å². The summed E-state index contributed by atoms with van der Waals surface area (Å²) >= 11 is 0. The lowest BCUT2D eigenvalue weighted by Crippen LogP contribution is -1.87. The molecule has 0 N–H and O–H groups in total. The minimum atomic E-state index is -0.479. The summed E-state index contributed by atoms with van der Waals surface area (Å²) in [6.45, 7) is 0. The molecule has 82 valence electrons. The lowest BCUT2D eigenvalue weighted by Gasteiger charge is -2.00. The summed E-state index contributed by atoms with van der Waals surface area (Å²) in [4.78, 5) is 9.74. The summed E-state index contributed by atoms with van der Waals surface area (Å²) in [7, 11) is 1.60. The second kappa shape index (κ2) is 4.06. The molecular formula is C11H10N2O3. The Morgan fingerprint density at radius 2 is 2.25 bits per heavy atom. The molecule has 0 atom stereocenters. The van der Waals surface area contributed by atoms with Crippen molar-refractivity contribution >= 4 is 11.6 Å². The number of pyridine rings is 1. The first-order valence-corrected chi connectivity index (χ1v) is 4.67. The first-order chi connectivity index (χ1) is 7.70. The fourth-order valence-electron chi connectivity index (χ4n) is 1.51. The number of nitro groups is 1. The minimum absolute atomic E-state index is 0.479. The van der Waals surface area contributed by atoms with E-state index in [1.54, 1.807) is 7.11 Å². The van der Waals surface area contributed by atoms with E-state index < -0.39 is 4.92 Å². The van der Waals surface area contributed by atoms with Crippen LogP contribution < -0.4 is 4.74 Å². The fourth-order valence-corrected chi connectivity index (χ4v) is 1.51. The van der Waals surface area contributed by atoms with E-state index in [2.05, 4.69) is 0 Å². The van der Waals surface area contributed by atoms with Crippen molar-refractivity contribution in [3.63, 3.8) is 0 Å². The minimum Gasteiger partial charge on any atom is -0.495 e. The van der Waals surface area contributed by atoms with Gasteiger partial charge in [0.2, 0.25) is 6.20 Å². The van der Waals surface area contributed by atoms with Crippen molar-refractivity contribution in [1.82, 2.24) is 4.40 Å². The molecule has 0 fully saturated rings. The highest BCUT2D eigenvalue weighted by atomic mass is 16.6. The van der Waals surface area contributed by atoms with Crippen molar-refractivity contribution < 1.29 is 9.66 Å². The zero-order chi connectivity index (χ0) is 11.5. The third-order valence-corrected chi connectivity index (χ3v) is 2.27. The number of aromatic nitrogens is 1. The van der Waals surface area contributed by atoms with Crippen molar-refractivity contribution in [3.05, 3.63) is 52.5 Å². The number of rotatable bonds is 3. The van der Waals surface area contributed by atoms with Crippen LogP contribution in [0.1, 0.15) is 5.56 Å². The SMILES string of the molecule is COc1ccc2c(C=C[N+](=O)[O-])ccn2c1. The maximum atomic E-state index is 10.2. The third-order valence-electron chi connectivity index (χ3n) is 2.27. The maximum absolute atomic E-state index is 10.2. The van der Waals surface area contributed by atoms with Gasteiger partial charge in [0.1, 0.15) is 5.75 Å². The molecular weight excluding hydrogens is 208 g/mol. The summed E-state index contributed by atoms with van der Waals surface area (Å²) in [6.07, 6.45) is 6.05. The van der Waals surface area contributed by atoms with Crippen molar-refractivity contribution in [3.8, 4) is 5.75 Å². The van der Waals surface area contributed by atoms with Crippen molar-refractivity contribution in [1.29, 1.82) is 0 Å².